The molecule has 0 radical (unpaired) electrons. The van der Waals surface area contributed by atoms with Crippen LogP contribution in [0.15, 0.2) is 44.7 Å². The predicted molar refractivity (Wildman–Crippen MR) is 83.4 cm³/mol. The van der Waals surface area contributed by atoms with E-state index in [0.29, 0.717) is 6.61 Å². The fraction of sp³-hybridized carbons (Fsp3) is 0.231. The van der Waals surface area contributed by atoms with Crippen molar-refractivity contribution in [3.05, 3.63) is 49.5 Å². The maximum absolute atomic E-state index is 5.60. The van der Waals surface area contributed by atoms with Gasteiger partial charge in [-0.1, -0.05) is 18.2 Å². The van der Waals surface area contributed by atoms with Crippen LogP contribution in [-0.2, 0) is 6.54 Å². The van der Waals surface area contributed by atoms with E-state index in [1.807, 2.05) is 30.3 Å². The van der Waals surface area contributed by atoms with Crippen LogP contribution in [-0.4, -0.2) is 13.2 Å². The van der Waals surface area contributed by atoms with E-state index in [1.54, 1.807) is 11.3 Å². The van der Waals surface area contributed by atoms with Crippen LogP contribution in [0.4, 0.5) is 0 Å². The zero-order valence-electron chi connectivity index (χ0n) is 9.66. The minimum Gasteiger partial charge on any atom is -0.492 e. The van der Waals surface area contributed by atoms with Crippen molar-refractivity contribution in [3.63, 3.8) is 0 Å². The van der Waals surface area contributed by atoms with Gasteiger partial charge >= 0.3 is 0 Å². The molecule has 0 unspecified atom stereocenters. The van der Waals surface area contributed by atoms with Crippen molar-refractivity contribution < 1.29 is 4.74 Å². The number of halogens is 2. The molecule has 18 heavy (non-hydrogen) atoms. The molecule has 0 aliphatic rings. The summed E-state index contributed by atoms with van der Waals surface area (Å²) >= 11 is 8.70. The van der Waals surface area contributed by atoms with Gasteiger partial charge in [-0.3, -0.25) is 0 Å². The van der Waals surface area contributed by atoms with Crippen LogP contribution in [0.1, 0.15) is 4.88 Å². The summed E-state index contributed by atoms with van der Waals surface area (Å²) in [7, 11) is 0. The standard InChI is InChI=1S/C13H13Br2NOS/c14-12-8-11(18-13(12)15)9-16-6-7-17-10-4-2-1-3-5-10/h1-5,8,16H,6-7,9H2. The Hall–Kier alpha value is -0.360. The average molecular weight is 391 g/mol. The molecule has 1 aromatic heterocycles. The van der Waals surface area contributed by atoms with Gasteiger partial charge in [0.25, 0.3) is 0 Å². The quantitative estimate of drug-likeness (QED) is 0.736. The molecule has 0 amide bonds. The van der Waals surface area contributed by atoms with Gasteiger partial charge in [-0.05, 0) is 50.1 Å². The lowest BCUT2D eigenvalue weighted by atomic mass is 10.3. The zero-order valence-corrected chi connectivity index (χ0v) is 13.6. The number of thiophene rings is 1. The predicted octanol–water partition coefficient (Wildman–Crippen LogP) is 4.44. The van der Waals surface area contributed by atoms with Crippen molar-refractivity contribution in [2.75, 3.05) is 13.2 Å². The molecule has 2 rings (SSSR count). The Kier molecular flexibility index (Phi) is 5.69. The Labute approximate surface area is 128 Å². The van der Waals surface area contributed by atoms with Crippen LogP contribution in [0.2, 0.25) is 0 Å². The third kappa shape index (κ3) is 4.39. The third-order valence-corrected chi connectivity index (χ3v) is 5.54. The first-order chi connectivity index (χ1) is 8.75. The minimum absolute atomic E-state index is 0.678. The molecule has 2 aromatic rings. The van der Waals surface area contributed by atoms with Crippen molar-refractivity contribution in [2.45, 2.75) is 6.54 Å². The third-order valence-electron chi connectivity index (χ3n) is 2.29. The number of para-hydroxylation sites is 1. The van der Waals surface area contributed by atoms with Gasteiger partial charge < -0.3 is 10.1 Å². The molecule has 0 saturated carbocycles. The maximum atomic E-state index is 5.60. The van der Waals surface area contributed by atoms with Crippen LogP contribution >= 0.6 is 43.2 Å². The largest absolute Gasteiger partial charge is 0.492 e. The van der Waals surface area contributed by atoms with Gasteiger partial charge in [-0.25, -0.2) is 0 Å². The van der Waals surface area contributed by atoms with Crippen molar-refractivity contribution >= 4 is 43.2 Å². The van der Waals surface area contributed by atoms with E-state index in [-0.39, 0.29) is 0 Å². The van der Waals surface area contributed by atoms with E-state index in [0.717, 1.165) is 27.1 Å². The molecular weight excluding hydrogens is 378 g/mol. The van der Waals surface area contributed by atoms with Crippen molar-refractivity contribution in [1.29, 1.82) is 0 Å². The van der Waals surface area contributed by atoms with E-state index in [9.17, 15) is 0 Å². The Morgan fingerprint density at radius 3 is 2.61 bits per heavy atom. The fourth-order valence-electron chi connectivity index (χ4n) is 1.45. The van der Waals surface area contributed by atoms with Crippen LogP contribution in [0.3, 0.4) is 0 Å². The van der Waals surface area contributed by atoms with E-state index in [2.05, 4.69) is 43.2 Å². The summed E-state index contributed by atoms with van der Waals surface area (Å²) in [4.78, 5) is 1.30. The van der Waals surface area contributed by atoms with Gasteiger partial charge in [0, 0.05) is 22.4 Å². The van der Waals surface area contributed by atoms with Crippen molar-refractivity contribution in [1.82, 2.24) is 5.32 Å². The molecule has 0 aliphatic heterocycles. The Bertz CT molecular complexity index is 467. The molecule has 1 aromatic carbocycles. The van der Waals surface area contributed by atoms with Crippen LogP contribution in [0.5, 0.6) is 5.75 Å². The molecule has 0 saturated heterocycles. The molecule has 2 nitrogen and oxygen atoms in total. The summed E-state index contributed by atoms with van der Waals surface area (Å²) in [6.45, 7) is 2.38. The smallest absolute Gasteiger partial charge is 0.119 e. The van der Waals surface area contributed by atoms with Gasteiger partial charge in [0.05, 0.1) is 3.79 Å². The van der Waals surface area contributed by atoms with Crippen LogP contribution < -0.4 is 10.1 Å². The highest BCUT2D eigenvalue weighted by Crippen LogP contribution is 2.32. The van der Waals surface area contributed by atoms with Crippen molar-refractivity contribution in [3.8, 4) is 5.75 Å². The number of hydrogen-bond donors (Lipinski definition) is 1. The Morgan fingerprint density at radius 2 is 1.94 bits per heavy atom. The summed E-state index contributed by atoms with van der Waals surface area (Å²) in [6, 6.07) is 12.0. The summed E-state index contributed by atoms with van der Waals surface area (Å²) in [5.41, 5.74) is 0. The summed E-state index contributed by atoms with van der Waals surface area (Å²) in [5.74, 6) is 0.918. The second-order valence-corrected chi connectivity index (χ2v) is 6.98. The monoisotopic (exact) mass is 389 g/mol. The number of ether oxygens (including phenoxy) is 1. The number of hydrogen-bond acceptors (Lipinski definition) is 3. The van der Waals surface area contributed by atoms with Gasteiger partial charge in [-0.2, -0.15) is 0 Å². The second-order valence-electron chi connectivity index (χ2n) is 3.67. The second kappa shape index (κ2) is 7.28. The molecule has 1 heterocycles. The molecule has 5 heteroatoms. The molecule has 0 fully saturated rings. The topological polar surface area (TPSA) is 21.3 Å². The van der Waals surface area contributed by atoms with E-state index in [1.165, 1.54) is 4.88 Å². The molecule has 0 bridgehead atoms. The first-order valence-corrected chi connectivity index (χ1v) is 7.98. The highest BCUT2D eigenvalue weighted by Gasteiger charge is 2.03. The zero-order chi connectivity index (χ0) is 12.8. The highest BCUT2D eigenvalue weighted by molar-refractivity contribution is 9.13. The van der Waals surface area contributed by atoms with Gasteiger partial charge in [-0.15, -0.1) is 11.3 Å². The molecule has 0 spiro atoms. The van der Waals surface area contributed by atoms with Gasteiger partial charge in [0.15, 0.2) is 0 Å². The van der Waals surface area contributed by atoms with Crippen LogP contribution in [0.25, 0.3) is 0 Å². The SMILES string of the molecule is Brc1cc(CNCCOc2ccccc2)sc1Br. The van der Waals surface area contributed by atoms with E-state index >= 15 is 0 Å². The lowest BCUT2D eigenvalue weighted by Gasteiger charge is -2.06. The Morgan fingerprint density at radius 1 is 1.17 bits per heavy atom. The highest BCUT2D eigenvalue weighted by atomic mass is 79.9. The van der Waals surface area contributed by atoms with Gasteiger partial charge in [0.1, 0.15) is 12.4 Å². The normalized spacial score (nSPS) is 10.6. The molecule has 1 N–H and O–H groups in total. The van der Waals surface area contributed by atoms with E-state index < -0.39 is 0 Å². The molecule has 0 aliphatic carbocycles. The van der Waals surface area contributed by atoms with Gasteiger partial charge in [0.2, 0.25) is 0 Å². The minimum atomic E-state index is 0.678. The fourth-order valence-corrected chi connectivity index (χ4v) is 3.59. The number of rotatable bonds is 6. The molecular formula is C13H13Br2NOS. The summed E-state index contributed by atoms with van der Waals surface area (Å²) in [6.07, 6.45) is 0. The molecule has 96 valence electrons. The summed E-state index contributed by atoms with van der Waals surface area (Å²) < 4.78 is 7.85. The van der Waals surface area contributed by atoms with E-state index in [4.69, 9.17) is 4.74 Å². The lowest BCUT2D eigenvalue weighted by molar-refractivity contribution is 0.314. The average Bonchev–Trinajstić information content (AvgIpc) is 2.70. The Balaban J connectivity index is 1.64. The first-order valence-electron chi connectivity index (χ1n) is 5.58. The molecule has 0 atom stereocenters. The maximum Gasteiger partial charge on any atom is 0.119 e. The van der Waals surface area contributed by atoms with Crippen LogP contribution in [0, 0.1) is 0 Å². The number of nitrogens with one attached hydrogen (secondary N) is 1. The lowest BCUT2D eigenvalue weighted by Crippen LogP contribution is -2.20. The summed E-state index contributed by atoms with van der Waals surface area (Å²) in [5, 5.41) is 3.36. The number of benzene rings is 1. The first kappa shape index (κ1) is 14.1. The van der Waals surface area contributed by atoms with Crippen molar-refractivity contribution in [2.24, 2.45) is 0 Å².